The lowest BCUT2D eigenvalue weighted by atomic mass is 9.97. The highest BCUT2D eigenvalue weighted by molar-refractivity contribution is 4.83. The second-order valence-electron chi connectivity index (χ2n) is 7.33. The van der Waals surface area contributed by atoms with Crippen LogP contribution in [0.25, 0.3) is 0 Å². The second-order valence-corrected chi connectivity index (χ2v) is 7.33. The average molecular weight is 319 g/mol. The molecule has 0 amide bonds. The maximum absolute atomic E-state index is 2.43. The van der Waals surface area contributed by atoms with Crippen molar-refractivity contribution in [1.29, 1.82) is 0 Å². The van der Waals surface area contributed by atoms with Gasteiger partial charge in [-0.1, -0.05) is 90.5 Å². The Balaban J connectivity index is 1.84. The number of unbranched alkanes of at least 4 members (excludes halogenated alkanes) is 9. The fourth-order valence-corrected chi connectivity index (χ4v) is 3.33. The minimum Gasteiger partial charge on any atom is -0.205 e. The first kappa shape index (κ1) is 20.2. The SMILES string of the molecule is CCCCCCCCCCCCC(C)CCC[n+]1ccccc1. The first-order valence-electron chi connectivity index (χ1n) is 10.3. The Labute approximate surface area is 145 Å². The molecule has 1 nitrogen and oxygen atoms in total. The van der Waals surface area contributed by atoms with E-state index in [1.165, 1.54) is 90.0 Å². The minimum atomic E-state index is 0.897. The summed E-state index contributed by atoms with van der Waals surface area (Å²) in [5.41, 5.74) is 0. The molecule has 0 radical (unpaired) electrons. The monoisotopic (exact) mass is 318 g/mol. The fourth-order valence-electron chi connectivity index (χ4n) is 3.33. The Bertz CT molecular complexity index is 346. The predicted octanol–water partition coefficient (Wildman–Crippen LogP) is 6.70. The van der Waals surface area contributed by atoms with Crippen molar-refractivity contribution >= 4 is 0 Å². The molecule has 1 rings (SSSR count). The number of rotatable bonds is 15. The van der Waals surface area contributed by atoms with Gasteiger partial charge in [-0.3, -0.25) is 0 Å². The van der Waals surface area contributed by atoms with Crippen molar-refractivity contribution in [2.75, 3.05) is 0 Å². The van der Waals surface area contributed by atoms with Crippen molar-refractivity contribution in [3.05, 3.63) is 30.6 Å². The molecule has 0 aromatic carbocycles. The molecule has 0 saturated carbocycles. The number of pyridine rings is 1. The molecule has 0 saturated heterocycles. The van der Waals surface area contributed by atoms with Gasteiger partial charge >= 0.3 is 0 Å². The van der Waals surface area contributed by atoms with Gasteiger partial charge in [0.25, 0.3) is 0 Å². The molecule has 0 aliphatic rings. The van der Waals surface area contributed by atoms with Gasteiger partial charge in [-0.2, -0.15) is 0 Å². The summed E-state index contributed by atoms with van der Waals surface area (Å²) in [7, 11) is 0. The van der Waals surface area contributed by atoms with Gasteiger partial charge in [-0.15, -0.1) is 0 Å². The van der Waals surface area contributed by atoms with Crippen molar-refractivity contribution in [3.63, 3.8) is 0 Å². The maximum Gasteiger partial charge on any atom is 0.168 e. The molecule has 0 bridgehead atoms. The average Bonchev–Trinajstić information content (AvgIpc) is 2.57. The number of nitrogens with zero attached hydrogens (tertiary/aromatic N) is 1. The van der Waals surface area contributed by atoms with Crippen LogP contribution in [0.5, 0.6) is 0 Å². The lowest BCUT2D eigenvalue weighted by Crippen LogP contribution is -2.32. The summed E-state index contributed by atoms with van der Waals surface area (Å²) in [6, 6.07) is 6.32. The first-order valence-corrected chi connectivity index (χ1v) is 10.3. The quantitative estimate of drug-likeness (QED) is 0.250. The smallest absolute Gasteiger partial charge is 0.168 e. The minimum absolute atomic E-state index is 0.897. The molecule has 1 aromatic rings. The fraction of sp³-hybridized carbons (Fsp3) is 0.773. The van der Waals surface area contributed by atoms with E-state index in [1.807, 2.05) is 0 Å². The third-order valence-corrected chi connectivity index (χ3v) is 4.94. The van der Waals surface area contributed by atoms with Gasteiger partial charge in [0.15, 0.2) is 12.4 Å². The molecule has 1 heteroatoms. The molecule has 1 unspecified atom stereocenters. The van der Waals surface area contributed by atoms with E-state index in [0.717, 1.165) is 5.92 Å². The number of aryl methyl sites for hydroxylation is 1. The van der Waals surface area contributed by atoms with Gasteiger partial charge in [-0.25, -0.2) is 4.57 Å². The van der Waals surface area contributed by atoms with Crippen LogP contribution in [0.1, 0.15) is 97.3 Å². The van der Waals surface area contributed by atoms with Crippen molar-refractivity contribution in [2.24, 2.45) is 5.92 Å². The summed E-state index contributed by atoms with van der Waals surface area (Å²) >= 11 is 0. The van der Waals surface area contributed by atoms with Gasteiger partial charge in [0, 0.05) is 18.6 Å². The number of hydrogen-bond acceptors (Lipinski definition) is 0. The zero-order chi connectivity index (χ0) is 16.6. The summed E-state index contributed by atoms with van der Waals surface area (Å²) in [4.78, 5) is 0. The van der Waals surface area contributed by atoms with Crippen molar-refractivity contribution in [1.82, 2.24) is 0 Å². The lowest BCUT2D eigenvalue weighted by molar-refractivity contribution is -0.697. The van der Waals surface area contributed by atoms with Crippen molar-refractivity contribution < 1.29 is 4.57 Å². The van der Waals surface area contributed by atoms with Gasteiger partial charge < -0.3 is 0 Å². The topological polar surface area (TPSA) is 3.88 Å². The van der Waals surface area contributed by atoms with E-state index >= 15 is 0 Å². The Morgan fingerprint density at radius 1 is 0.652 bits per heavy atom. The van der Waals surface area contributed by atoms with E-state index in [-0.39, 0.29) is 0 Å². The molecular weight excluding hydrogens is 278 g/mol. The van der Waals surface area contributed by atoms with Gasteiger partial charge in [0.1, 0.15) is 6.54 Å². The van der Waals surface area contributed by atoms with Gasteiger partial charge in [0.2, 0.25) is 0 Å². The molecule has 0 aliphatic heterocycles. The maximum atomic E-state index is 2.43. The molecule has 1 aromatic heterocycles. The highest BCUT2D eigenvalue weighted by Gasteiger charge is 2.04. The number of aromatic nitrogens is 1. The standard InChI is InChI=1S/C22H40N/c1-3-4-5-6-7-8-9-10-11-13-17-22(2)18-16-21-23-19-14-12-15-20-23/h12,14-15,19-20,22H,3-11,13,16-18,21H2,1-2H3/q+1. The van der Waals surface area contributed by atoms with E-state index < -0.39 is 0 Å². The zero-order valence-corrected chi connectivity index (χ0v) is 15.8. The molecular formula is C22H40N+. The molecule has 0 fully saturated rings. The molecule has 23 heavy (non-hydrogen) atoms. The molecule has 1 atom stereocenters. The summed E-state index contributed by atoms with van der Waals surface area (Å²) in [6.45, 7) is 5.90. The van der Waals surface area contributed by atoms with E-state index in [2.05, 4.69) is 49.0 Å². The van der Waals surface area contributed by atoms with Crippen LogP contribution in [0.4, 0.5) is 0 Å². The highest BCUT2D eigenvalue weighted by atomic mass is 14.9. The largest absolute Gasteiger partial charge is 0.205 e. The Hall–Kier alpha value is -0.850. The second kappa shape index (κ2) is 14.7. The van der Waals surface area contributed by atoms with Crippen LogP contribution >= 0.6 is 0 Å². The highest BCUT2D eigenvalue weighted by Crippen LogP contribution is 2.16. The van der Waals surface area contributed by atoms with Gasteiger partial charge in [-0.05, 0) is 12.3 Å². The van der Waals surface area contributed by atoms with Crippen LogP contribution in [0, 0.1) is 5.92 Å². The first-order chi connectivity index (χ1) is 11.3. The van der Waals surface area contributed by atoms with E-state index in [1.54, 1.807) is 0 Å². The summed E-state index contributed by atoms with van der Waals surface area (Å²) in [5.74, 6) is 0.897. The van der Waals surface area contributed by atoms with Gasteiger partial charge in [0.05, 0.1) is 0 Å². The summed E-state index contributed by atoms with van der Waals surface area (Å²) < 4.78 is 2.30. The normalized spacial score (nSPS) is 12.4. The Kier molecular flexibility index (Phi) is 12.9. The lowest BCUT2D eigenvalue weighted by Gasteiger charge is -2.10. The summed E-state index contributed by atoms with van der Waals surface area (Å²) in [6.07, 6.45) is 22.9. The van der Waals surface area contributed by atoms with Crippen LogP contribution in [0.2, 0.25) is 0 Å². The molecule has 0 spiro atoms. The molecule has 132 valence electrons. The van der Waals surface area contributed by atoms with Crippen LogP contribution in [-0.2, 0) is 6.54 Å². The van der Waals surface area contributed by atoms with E-state index in [9.17, 15) is 0 Å². The molecule has 0 N–H and O–H groups in total. The Morgan fingerprint density at radius 3 is 1.78 bits per heavy atom. The van der Waals surface area contributed by atoms with Crippen LogP contribution in [0.3, 0.4) is 0 Å². The third kappa shape index (κ3) is 12.3. The summed E-state index contributed by atoms with van der Waals surface area (Å²) in [5, 5.41) is 0. The predicted molar refractivity (Wildman–Crippen MR) is 101 cm³/mol. The zero-order valence-electron chi connectivity index (χ0n) is 15.8. The van der Waals surface area contributed by atoms with E-state index in [4.69, 9.17) is 0 Å². The molecule has 0 aliphatic carbocycles. The number of hydrogen-bond donors (Lipinski definition) is 0. The third-order valence-electron chi connectivity index (χ3n) is 4.94. The van der Waals surface area contributed by atoms with Crippen LogP contribution in [0.15, 0.2) is 30.6 Å². The van der Waals surface area contributed by atoms with E-state index in [0.29, 0.717) is 0 Å². The molecule has 1 heterocycles. The van der Waals surface area contributed by atoms with Crippen LogP contribution in [-0.4, -0.2) is 0 Å². The van der Waals surface area contributed by atoms with Crippen LogP contribution < -0.4 is 4.57 Å². The van der Waals surface area contributed by atoms with Crippen molar-refractivity contribution in [2.45, 2.75) is 104 Å². The van der Waals surface area contributed by atoms with Crippen molar-refractivity contribution in [3.8, 4) is 0 Å². The Morgan fingerprint density at radius 2 is 1.17 bits per heavy atom.